The number of hydrogen-bond donors (Lipinski definition) is 2. The van der Waals surface area contributed by atoms with E-state index in [-0.39, 0.29) is 37.0 Å². The summed E-state index contributed by atoms with van der Waals surface area (Å²) in [7, 11) is 0. The Balaban J connectivity index is 1.63. The number of aliphatic hydroxyl groups is 1. The zero-order valence-electron chi connectivity index (χ0n) is 12.5. The van der Waals surface area contributed by atoms with E-state index in [0.717, 1.165) is 17.4 Å². The van der Waals surface area contributed by atoms with Crippen LogP contribution in [0.15, 0.2) is 18.2 Å². The smallest absolute Gasteiger partial charge is 0.227 e. The Kier molecular flexibility index (Phi) is 4.06. The number of rotatable bonds is 4. The van der Waals surface area contributed by atoms with Gasteiger partial charge in [0.2, 0.25) is 11.8 Å². The Bertz CT molecular complexity index is 646. The van der Waals surface area contributed by atoms with Crippen molar-refractivity contribution in [3.8, 4) is 0 Å². The number of carbonyl (C=O) groups is 2. The van der Waals surface area contributed by atoms with Crippen LogP contribution in [0.2, 0.25) is 0 Å². The third kappa shape index (κ3) is 3.19. The van der Waals surface area contributed by atoms with Gasteiger partial charge in [-0.1, -0.05) is 0 Å². The molecule has 2 N–H and O–H groups in total. The Labute approximate surface area is 132 Å². The molecule has 1 saturated heterocycles. The van der Waals surface area contributed by atoms with Gasteiger partial charge >= 0.3 is 0 Å². The van der Waals surface area contributed by atoms with Crippen LogP contribution >= 0.6 is 0 Å². The highest BCUT2D eigenvalue weighted by Crippen LogP contribution is 2.31. The normalized spacial score (nSPS) is 22.8. The van der Waals surface area contributed by atoms with E-state index in [1.807, 2.05) is 0 Å². The molecule has 1 atom stereocenters. The summed E-state index contributed by atoms with van der Waals surface area (Å²) in [5.74, 6) is -2.86. The number of carbonyl (C=O) groups excluding carboxylic acids is 2. The lowest BCUT2D eigenvalue weighted by Crippen LogP contribution is -2.49. The predicted octanol–water partition coefficient (Wildman–Crippen LogP) is 1.35. The van der Waals surface area contributed by atoms with Gasteiger partial charge in [0.25, 0.3) is 0 Å². The Hall–Kier alpha value is -2.02. The van der Waals surface area contributed by atoms with Crippen LogP contribution in [0.5, 0.6) is 0 Å². The molecule has 2 amide bonds. The van der Waals surface area contributed by atoms with E-state index in [1.54, 1.807) is 0 Å². The number of benzene rings is 1. The van der Waals surface area contributed by atoms with E-state index in [0.29, 0.717) is 18.9 Å². The van der Waals surface area contributed by atoms with E-state index in [2.05, 4.69) is 5.32 Å². The number of amides is 2. The molecule has 0 radical (unpaired) electrons. The molecule has 0 spiro atoms. The van der Waals surface area contributed by atoms with Crippen molar-refractivity contribution >= 4 is 17.5 Å². The van der Waals surface area contributed by atoms with Crippen molar-refractivity contribution in [2.45, 2.75) is 31.3 Å². The zero-order valence-corrected chi connectivity index (χ0v) is 12.5. The molecule has 5 nitrogen and oxygen atoms in total. The lowest BCUT2D eigenvalue weighted by molar-refractivity contribution is -0.128. The molecule has 1 aromatic carbocycles. The second kappa shape index (κ2) is 5.88. The van der Waals surface area contributed by atoms with Crippen molar-refractivity contribution in [2.75, 3.05) is 18.0 Å². The average Bonchev–Trinajstić information content (AvgIpc) is 2.85. The second-order valence-electron chi connectivity index (χ2n) is 6.30. The highest BCUT2D eigenvalue weighted by atomic mass is 19.1. The van der Waals surface area contributed by atoms with Crippen molar-refractivity contribution in [1.29, 1.82) is 0 Å². The van der Waals surface area contributed by atoms with Gasteiger partial charge in [-0.2, -0.15) is 0 Å². The molecule has 1 heterocycles. The fraction of sp³-hybridized carbons (Fsp3) is 0.500. The van der Waals surface area contributed by atoms with Crippen LogP contribution in [0, 0.1) is 17.6 Å². The van der Waals surface area contributed by atoms with E-state index < -0.39 is 23.2 Å². The predicted molar refractivity (Wildman–Crippen MR) is 78.6 cm³/mol. The molecule has 2 fully saturated rings. The summed E-state index contributed by atoms with van der Waals surface area (Å²) in [5.41, 5.74) is -0.856. The first kappa shape index (κ1) is 15.9. The summed E-state index contributed by atoms with van der Waals surface area (Å²) in [6, 6.07) is 2.98. The number of nitrogens with one attached hydrogen (secondary N) is 1. The van der Waals surface area contributed by atoms with Crippen molar-refractivity contribution < 1.29 is 23.5 Å². The summed E-state index contributed by atoms with van der Waals surface area (Å²) in [6.45, 7) is 0.215. The SMILES string of the molecule is O=C(NCC1(O)CCC1)C1CC(=O)N(c2ccc(F)cc2F)C1. The zero-order chi connectivity index (χ0) is 16.6. The van der Waals surface area contributed by atoms with Gasteiger partial charge in [0.1, 0.15) is 11.6 Å². The van der Waals surface area contributed by atoms with E-state index in [4.69, 9.17) is 0 Å². The van der Waals surface area contributed by atoms with Crippen LogP contribution in [0.3, 0.4) is 0 Å². The first-order chi connectivity index (χ1) is 10.9. The lowest BCUT2D eigenvalue weighted by atomic mass is 9.80. The minimum atomic E-state index is -0.832. The maximum absolute atomic E-state index is 13.8. The number of nitrogens with zero attached hydrogens (tertiary/aromatic N) is 1. The molecule has 7 heteroatoms. The lowest BCUT2D eigenvalue weighted by Gasteiger charge is -2.36. The molecule has 3 rings (SSSR count). The van der Waals surface area contributed by atoms with E-state index >= 15 is 0 Å². The standard InChI is InChI=1S/C16H18F2N2O3/c17-11-2-3-13(12(18)7-11)20-8-10(6-14(20)21)15(22)19-9-16(23)4-1-5-16/h2-3,7,10,23H,1,4-6,8-9H2,(H,19,22). The van der Waals surface area contributed by atoms with E-state index in [9.17, 15) is 23.5 Å². The number of halogens is 2. The number of hydrogen-bond acceptors (Lipinski definition) is 3. The summed E-state index contributed by atoms with van der Waals surface area (Å²) < 4.78 is 26.8. The molecule has 0 bridgehead atoms. The van der Waals surface area contributed by atoms with Crippen molar-refractivity contribution in [3.05, 3.63) is 29.8 Å². The number of anilines is 1. The van der Waals surface area contributed by atoms with Crippen LogP contribution < -0.4 is 10.2 Å². The Morgan fingerprint density at radius 1 is 1.39 bits per heavy atom. The molecule has 23 heavy (non-hydrogen) atoms. The maximum Gasteiger partial charge on any atom is 0.227 e. The summed E-state index contributed by atoms with van der Waals surface area (Å²) in [5, 5.41) is 12.6. The van der Waals surface area contributed by atoms with Crippen LogP contribution in [-0.2, 0) is 9.59 Å². The molecule has 2 aliphatic rings. The van der Waals surface area contributed by atoms with Crippen LogP contribution in [0.4, 0.5) is 14.5 Å². The largest absolute Gasteiger partial charge is 0.388 e. The molecule has 1 aliphatic carbocycles. The highest BCUT2D eigenvalue weighted by Gasteiger charge is 2.39. The molecule has 1 saturated carbocycles. The van der Waals surface area contributed by atoms with Crippen LogP contribution in [-0.4, -0.2) is 35.6 Å². The van der Waals surface area contributed by atoms with Crippen LogP contribution in [0.25, 0.3) is 0 Å². The fourth-order valence-electron chi connectivity index (χ4n) is 2.97. The first-order valence-corrected chi connectivity index (χ1v) is 7.63. The summed E-state index contributed by atoms with van der Waals surface area (Å²) >= 11 is 0. The Morgan fingerprint density at radius 2 is 2.13 bits per heavy atom. The monoisotopic (exact) mass is 324 g/mol. The molecular weight excluding hydrogens is 306 g/mol. The van der Waals surface area contributed by atoms with Gasteiger partial charge in [0.15, 0.2) is 0 Å². The van der Waals surface area contributed by atoms with Crippen molar-refractivity contribution in [2.24, 2.45) is 5.92 Å². The summed E-state index contributed by atoms with van der Waals surface area (Å²) in [6.07, 6.45) is 2.22. The van der Waals surface area contributed by atoms with Gasteiger partial charge in [0.05, 0.1) is 17.2 Å². The topological polar surface area (TPSA) is 69.6 Å². The van der Waals surface area contributed by atoms with E-state index in [1.165, 1.54) is 6.07 Å². The van der Waals surface area contributed by atoms with Gasteiger partial charge in [-0.3, -0.25) is 9.59 Å². The van der Waals surface area contributed by atoms with Crippen molar-refractivity contribution in [1.82, 2.24) is 5.32 Å². The third-order valence-electron chi connectivity index (χ3n) is 4.57. The first-order valence-electron chi connectivity index (χ1n) is 7.63. The molecule has 1 unspecified atom stereocenters. The van der Waals surface area contributed by atoms with Gasteiger partial charge in [-0.25, -0.2) is 8.78 Å². The highest BCUT2D eigenvalue weighted by molar-refractivity contribution is 6.00. The minimum Gasteiger partial charge on any atom is -0.388 e. The van der Waals surface area contributed by atoms with Gasteiger partial charge < -0.3 is 15.3 Å². The quantitative estimate of drug-likeness (QED) is 0.878. The van der Waals surface area contributed by atoms with Crippen LogP contribution in [0.1, 0.15) is 25.7 Å². The molecule has 124 valence electrons. The maximum atomic E-state index is 13.8. The molecule has 1 aromatic rings. The van der Waals surface area contributed by atoms with Gasteiger partial charge in [-0.05, 0) is 31.4 Å². The van der Waals surface area contributed by atoms with Gasteiger partial charge in [-0.15, -0.1) is 0 Å². The molecular formula is C16H18F2N2O3. The average molecular weight is 324 g/mol. The Morgan fingerprint density at radius 3 is 2.74 bits per heavy atom. The van der Waals surface area contributed by atoms with Crippen molar-refractivity contribution in [3.63, 3.8) is 0 Å². The molecule has 1 aliphatic heterocycles. The second-order valence-corrected chi connectivity index (χ2v) is 6.30. The summed E-state index contributed by atoms with van der Waals surface area (Å²) in [4.78, 5) is 25.3. The van der Waals surface area contributed by atoms with Gasteiger partial charge in [0, 0.05) is 25.6 Å². The third-order valence-corrected chi connectivity index (χ3v) is 4.57. The fourth-order valence-corrected chi connectivity index (χ4v) is 2.97. The molecule has 0 aromatic heterocycles. The minimum absolute atomic E-state index is 0.0238.